The highest BCUT2D eigenvalue weighted by Crippen LogP contribution is 2.28. The second-order valence-electron chi connectivity index (χ2n) is 5.41. The fourth-order valence-electron chi connectivity index (χ4n) is 2.44. The largest absolute Gasteiger partial charge is 0.380 e. The Morgan fingerprint density at radius 1 is 1.08 bits per heavy atom. The summed E-state index contributed by atoms with van der Waals surface area (Å²) in [6, 6.07) is 19.6. The number of anilines is 1. The van der Waals surface area contributed by atoms with Crippen LogP contribution in [-0.4, -0.2) is 13.0 Å². The fraction of sp³-hybridized carbons (Fsp3) is 0.150. The maximum Gasteiger partial charge on any atom is 0.256 e. The van der Waals surface area contributed by atoms with E-state index in [0.29, 0.717) is 12.2 Å². The van der Waals surface area contributed by atoms with Crippen LogP contribution in [0.2, 0.25) is 0 Å². The molecule has 0 spiro atoms. The number of nitrogens with one attached hydrogen (secondary N) is 1. The Hall–Kier alpha value is -2.08. The van der Waals surface area contributed by atoms with Crippen LogP contribution in [0.1, 0.15) is 20.8 Å². The third-order valence-corrected chi connectivity index (χ3v) is 5.83. The number of carbonyl (C=O) groups is 1. The minimum atomic E-state index is -0.0992. The Kier molecular flexibility index (Phi) is 6.28. The van der Waals surface area contributed by atoms with Crippen LogP contribution in [0, 0.1) is 0 Å². The van der Waals surface area contributed by atoms with Crippen LogP contribution in [0.5, 0.6) is 0 Å². The standard InChI is InChI=1S/C20H19NO2S2/c1-23-13-15-7-2-4-10-18(15)21-20(22)17-9-3-5-11-19(17)25-14-16-8-6-12-24-16/h2-12H,13-14H2,1H3,(H,21,22). The number of benzene rings is 2. The molecular formula is C20H19NO2S2. The van der Waals surface area contributed by atoms with Crippen molar-refractivity contribution >= 4 is 34.7 Å². The molecular weight excluding hydrogens is 350 g/mol. The molecule has 0 saturated carbocycles. The summed E-state index contributed by atoms with van der Waals surface area (Å²) < 4.78 is 5.21. The summed E-state index contributed by atoms with van der Waals surface area (Å²) in [5.41, 5.74) is 2.44. The first-order chi connectivity index (χ1) is 12.3. The molecule has 0 fully saturated rings. The van der Waals surface area contributed by atoms with Gasteiger partial charge in [0.25, 0.3) is 5.91 Å². The van der Waals surface area contributed by atoms with Gasteiger partial charge >= 0.3 is 0 Å². The Morgan fingerprint density at radius 3 is 2.68 bits per heavy atom. The minimum Gasteiger partial charge on any atom is -0.380 e. The summed E-state index contributed by atoms with van der Waals surface area (Å²) in [6.07, 6.45) is 0. The van der Waals surface area contributed by atoms with E-state index in [1.807, 2.05) is 54.6 Å². The van der Waals surface area contributed by atoms with E-state index >= 15 is 0 Å². The van der Waals surface area contributed by atoms with E-state index in [1.165, 1.54) is 4.88 Å². The maximum atomic E-state index is 12.8. The number of hydrogen-bond donors (Lipinski definition) is 1. The number of ether oxygens (including phenoxy) is 1. The molecule has 2 aromatic carbocycles. The van der Waals surface area contributed by atoms with Gasteiger partial charge < -0.3 is 10.1 Å². The van der Waals surface area contributed by atoms with Crippen LogP contribution in [-0.2, 0) is 17.1 Å². The lowest BCUT2D eigenvalue weighted by Gasteiger charge is -2.12. The van der Waals surface area contributed by atoms with E-state index in [2.05, 4.69) is 16.8 Å². The number of methoxy groups -OCH3 is 1. The first kappa shape index (κ1) is 17.7. The van der Waals surface area contributed by atoms with Crippen molar-refractivity contribution in [3.8, 4) is 0 Å². The van der Waals surface area contributed by atoms with Crippen molar-refractivity contribution in [3.05, 3.63) is 82.0 Å². The lowest BCUT2D eigenvalue weighted by atomic mass is 10.1. The highest BCUT2D eigenvalue weighted by atomic mass is 32.2. The number of carbonyl (C=O) groups excluding carboxylic acids is 1. The van der Waals surface area contributed by atoms with Crippen LogP contribution in [0.3, 0.4) is 0 Å². The second-order valence-corrected chi connectivity index (χ2v) is 7.46. The van der Waals surface area contributed by atoms with Crippen molar-refractivity contribution < 1.29 is 9.53 Å². The monoisotopic (exact) mass is 369 g/mol. The molecule has 0 radical (unpaired) electrons. The summed E-state index contributed by atoms with van der Waals surface area (Å²) in [5, 5.41) is 5.09. The van der Waals surface area contributed by atoms with Crippen molar-refractivity contribution in [2.24, 2.45) is 0 Å². The van der Waals surface area contributed by atoms with Crippen molar-refractivity contribution in [3.63, 3.8) is 0 Å². The van der Waals surface area contributed by atoms with Gasteiger partial charge in [0.1, 0.15) is 0 Å². The SMILES string of the molecule is COCc1ccccc1NC(=O)c1ccccc1SCc1cccs1. The smallest absolute Gasteiger partial charge is 0.256 e. The summed E-state index contributed by atoms with van der Waals surface area (Å²) in [5.74, 6) is 0.764. The highest BCUT2D eigenvalue weighted by Gasteiger charge is 2.13. The van der Waals surface area contributed by atoms with E-state index in [4.69, 9.17) is 4.74 Å². The number of para-hydroxylation sites is 1. The number of thioether (sulfide) groups is 1. The first-order valence-electron chi connectivity index (χ1n) is 7.90. The molecule has 128 valence electrons. The molecule has 5 heteroatoms. The Balaban J connectivity index is 1.76. The van der Waals surface area contributed by atoms with Gasteiger partial charge in [-0.25, -0.2) is 0 Å². The van der Waals surface area contributed by atoms with Gasteiger partial charge in [-0.2, -0.15) is 0 Å². The van der Waals surface area contributed by atoms with Crippen LogP contribution in [0.15, 0.2) is 70.9 Å². The number of hydrogen-bond acceptors (Lipinski definition) is 4. The first-order valence-corrected chi connectivity index (χ1v) is 9.77. The van der Waals surface area contributed by atoms with Gasteiger partial charge in [0.05, 0.1) is 12.2 Å². The van der Waals surface area contributed by atoms with Gasteiger partial charge in [0, 0.05) is 33.9 Å². The highest BCUT2D eigenvalue weighted by molar-refractivity contribution is 7.98. The summed E-state index contributed by atoms with van der Waals surface area (Å²) in [7, 11) is 1.65. The molecule has 0 unspecified atom stereocenters. The van der Waals surface area contributed by atoms with Crippen molar-refractivity contribution in [1.29, 1.82) is 0 Å². The maximum absolute atomic E-state index is 12.8. The van der Waals surface area contributed by atoms with Gasteiger partial charge in [0.15, 0.2) is 0 Å². The zero-order chi connectivity index (χ0) is 17.5. The van der Waals surface area contributed by atoms with Crippen molar-refractivity contribution in [2.45, 2.75) is 17.3 Å². The van der Waals surface area contributed by atoms with Gasteiger partial charge in [0.2, 0.25) is 0 Å². The molecule has 1 aromatic heterocycles. The van der Waals surface area contributed by atoms with Gasteiger partial charge in [-0.3, -0.25) is 4.79 Å². The van der Waals surface area contributed by atoms with Crippen molar-refractivity contribution in [1.82, 2.24) is 0 Å². The minimum absolute atomic E-state index is 0.0992. The molecule has 25 heavy (non-hydrogen) atoms. The summed E-state index contributed by atoms with van der Waals surface area (Å²) in [4.78, 5) is 15.1. The average Bonchev–Trinajstić information content (AvgIpc) is 3.15. The lowest BCUT2D eigenvalue weighted by molar-refractivity contribution is 0.102. The van der Waals surface area contributed by atoms with E-state index in [1.54, 1.807) is 30.2 Å². The molecule has 3 nitrogen and oxygen atoms in total. The Bertz CT molecular complexity index is 831. The molecule has 0 bridgehead atoms. The third-order valence-electron chi connectivity index (χ3n) is 3.65. The van der Waals surface area contributed by atoms with E-state index in [-0.39, 0.29) is 5.91 Å². The predicted molar refractivity (Wildman–Crippen MR) is 105 cm³/mol. The molecule has 1 amide bonds. The number of amides is 1. The fourth-order valence-corrected chi connectivity index (χ4v) is 4.26. The topological polar surface area (TPSA) is 38.3 Å². The predicted octanol–water partition coefficient (Wildman–Crippen LogP) is 5.44. The third kappa shape index (κ3) is 4.72. The molecule has 1 heterocycles. The lowest BCUT2D eigenvalue weighted by Crippen LogP contribution is -2.14. The van der Waals surface area contributed by atoms with E-state index in [0.717, 1.165) is 21.9 Å². The van der Waals surface area contributed by atoms with Crippen LogP contribution < -0.4 is 5.32 Å². The molecule has 0 aliphatic rings. The van der Waals surface area contributed by atoms with Gasteiger partial charge in [-0.15, -0.1) is 23.1 Å². The molecule has 0 aliphatic carbocycles. The van der Waals surface area contributed by atoms with Crippen LogP contribution >= 0.6 is 23.1 Å². The van der Waals surface area contributed by atoms with Gasteiger partial charge in [-0.05, 0) is 29.6 Å². The second kappa shape index (κ2) is 8.85. The quantitative estimate of drug-likeness (QED) is 0.564. The normalized spacial score (nSPS) is 10.6. The van der Waals surface area contributed by atoms with E-state index in [9.17, 15) is 4.79 Å². The zero-order valence-electron chi connectivity index (χ0n) is 13.9. The van der Waals surface area contributed by atoms with Crippen LogP contribution in [0.4, 0.5) is 5.69 Å². The van der Waals surface area contributed by atoms with E-state index < -0.39 is 0 Å². The van der Waals surface area contributed by atoms with Gasteiger partial charge in [-0.1, -0.05) is 36.4 Å². The molecule has 3 aromatic rings. The molecule has 1 N–H and O–H groups in total. The molecule has 3 rings (SSSR count). The van der Waals surface area contributed by atoms with Crippen LogP contribution in [0.25, 0.3) is 0 Å². The number of rotatable bonds is 7. The Morgan fingerprint density at radius 2 is 1.88 bits per heavy atom. The Labute approximate surface area is 156 Å². The molecule has 0 atom stereocenters. The summed E-state index contributed by atoms with van der Waals surface area (Å²) >= 11 is 3.41. The van der Waals surface area contributed by atoms with Crippen molar-refractivity contribution in [2.75, 3.05) is 12.4 Å². The molecule has 0 saturated heterocycles. The average molecular weight is 370 g/mol. The zero-order valence-corrected chi connectivity index (χ0v) is 15.5. The number of thiophene rings is 1. The summed E-state index contributed by atoms with van der Waals surface area (Å²) in [6.45, 7) is 0.464. The molecule has 0 aliphatic heterocycles.